The fourth-order valence-electron chi connectivity index (χ4n) is 2.19. The predicted molar refractivity (Wildman–Crippen MR) is 80.1 cm³/mol. The second-order valence-electron chi connectivity index (χ2n) is 4.37. The second kappa shape index (κ2) is 4.10. The standard InChI is InChI=1S/C15H11N3S/c1-2-5-10(4-1)14-17-12-8-7-11(16-15(12)18-14)13-6-3-9-19-13/h1-9,17H,(H,16,18). The first-order valence-corrected chi connectivity index (χ1v) is 6.96. The molecule has 0 spiro atoms. The van der Waals surface area contributed by atoms with E-state index >= 15 is 0 Å². The van der Waals surface area contributed by atoms with Crippen molar-refractivity contribution in [3.05, 3.63) is 65.3 Å². The van der Waals surface area contributed by atoms with Gasteiger partial charge >= 0.3 is 0 Å². The predicted octanol–water partition coefficient (Wildman–Crippen LogP) is 3.99. The number of thiophene rings is 1. The molecule has 2 N–H and O–H groups in total. The fraction of sp³-hybridized carbons (Fsp3) is 0. The summed E-state index contributed by atoms with van der Waals surface area (Å²) in [7, 11) is 0. The molecule has 0 aromatic carbocycles. The van der Waals surface area contributed by atoms with E-state index in [0.29, 0.717) is 0 Å². The minimum atomic E-state index is 0.891. The summed E-state index contributed by atoms with van der Waals surface area (Å²) in [5.74, 6) is 1.89. The van der Waals surface area contributed by atoms with E-state index in [-0.39, 0.29) is 0 Å². The van der Waals surface area contributed by atoms with E-state index in [2.05, 4.69) is 45.3 Å². The van der Waals surface area contributed by atoms with Crippen molar-refractivity contribution < 1.29 is 0 Å². The van der Waals surface area contributed by atoms with Crippen LogP contribution in [0.5, 0.6) is 0 Å². The zero-order valence-corrected chi connectivity index (χ0v) is 10.9. The quantitative estimate of drug-likeness (QED) is 0.818. The Hall–Kier alpha value is -2.33. The van der Waals surface area contributed by atoms with E-state index in [9.17, 15) is 0 Å². The third-order valence-corrected chi connectivity index (χ3v) is 4.02. The molecule has 4 heteroatoms. The van der Waals surface area contributed by atoms with Crippen LogP contribution in [0.4, 0.5) is 11.5 Å². The summed E-state index contributed by atoms with van der Waals surface area (Å²) >= 11 is 1.70. The normalized spacial score (nSPS) is 15.6. The van der Waals surface area contributed by atoms with Crippen LogP contribution in [-0.2, 0) is 0 Å². The van der Waals surface area contributed by atoms with Crippen molar-refractivity contribution in [2.75, 3.05) is 10.6 Å². The first kappa shape index (κ1) is 10.6. The third-order valence-electron chi connectivity index (χ3n) is 3.12. The highest BCUT2D eigenvalue weighted by Gasteiger charge is 2.18. The number of aromatic nitrogens is 1. The molecular formula is C15H11N3S. The molecule has 1 aliphatic carbocycles. The lowest BCUT2D eigenvalue weighted by Gasteiger charge is -2.01. The third kappa shape index (κ3) is 1.77. The van der Waals surface area contributed by atoms with Crippen LogP contribution in [-0.4, -0.2) is 4.98 Å². The van der Waals surface area contributed by atoms with Gasteiger partial charge in [0, 0.05) is 5.57 Å². The highest BCUT2D eigenvalue weighted by Crippen LogP contribution is 2.34. The molecule has 2 aliphatic rings. The number of rotatable bonds is 1. The van der Waals surface area contributed by atoms with Crippen LogP contribution >= 0.6 is 11.3 Å². The van der Waals surface area contributed by atoms with Gasteiger partial charge in [-0.05, 0) is 23.6 Å². The van der Waals surface area contributed by atoms with Gasteiger partial charge < -0.3 is 10.6 Å². The number of hydrogen-bond acceptors (Lipinski definition) is 4. The number of nitrogens with zero attached hydrogens (tertiary/aromatic N) is 1. The summed E-state index contributed by atoms with van der Waals surface area (Å²) in [6, 6.07) is 8.25. The molecule has 3 nitrogen and oxygen atoms in total. The molecule has 0 radical (unpaired) electrons. The van der Waals surface area contributed by atoms with Gasteiger partial charge in [-0.25, -0.2) is 4.98 Å². The summed E-state index contributed by atoms with van der Waals surface area (Å²) in [6.45, 7) is 0. The molecule has 0 bridgehead atoms. The minimum absolute atomic E-state index is 0.891. The molecule has 92 valence electrons. The lowest BCUT2D eigenvalue weighted by Crippen LogP contribution is -2.01. The van der Waals surface area contributed by atoms with Gasteiger partial charge in [-0.1, -0.05) is 30.4 Å². The molecule has 0 unspecified atom stereocenters. The van der Waals surface area contributed by atoms with Crippen molar-refractivity contribution in [3.8, 4) is 10.6 Å². The van der Waals surface area contributed by atoms with E-state index in [1.807, 2.05) is 24.3 Å². The summed E-state index contributed by atoms with van der Waals surface area (Å²) in [4.78, 5) is 5.86. The first-order valence-electron chi connectivity index (χ1n) is 6.08. The monoisotopic (exact) mass is 265 g/mol. The molecule has 19 heavy (non-hydrogen) atoms. The van der Waals surface area contributed by atoms with Crippen LogP contribution in [0.2, 0.25) is 0 Å². The topological polar surface area (TPSA) is 37.0 Å². The summed E-state index contributed by atoms with van der Waals surface area (Å²) in [5.41, 5.74) is 3.18. The highest BCUT2D eigenvalue weighted by molar-refractivity contribution is 7.13. The number of pyridine rings is 1. The Bertz CT molecular complexity index is 710. The molecule has 0 saturated heterocycles. The second-order valence-corrected chi connectivity index (χ2v) is 5.32. The number of nitrogens with one attached hydrogen (secondary N) is 2. The van der Waals surface area contributed by atoms with Crippen molar-refractivity contribution in [2.24, 2.45) is 0 Å². The van der Waals surface area contributed by atoms with Crippen molar-refractivity contribution >= 4 is 22.8 Å². The molecule has 1 aliphatic heterocycles. The Morgan fingerprint density at radius 1 is 1.00 bits per heavy atom. The average molecular weight is 265 g/mol. The fourth-order valence-corrected chi connectivity index (χ4v) is 2.88. The maximum atomic E-state index is 4.67. The highest BCUT2D eigenvalue weighted by atomic mass is 32.1. The molecule has 0 saturated carbocycles. The van der Waals surface area contributed by atoms with Gasteiger partial charge in [-0.3, -0.25) is 0 Å². The summed E-state index contributed by atoms with van der Waals surface area (Å²) in [6.07, 6.45) is 8.20. The molecule has 0 fully saturated rings. The smallest absolute Gasteiger partial charge is 0.156 e. The molecule has 0 amide bonds. The Balaban J connectivity index is 1.73. The van der Waals surface area contributed by atoms with Gasteiger partial charge in [-0.15, -0.1) is 11.3 Å². The van der Waals surface area contributed by atoms with Crippen molar-refractivity contribution in [3.63, 3.8) is 0 Å². The van der Waals surface area contributed by atoms with E-state index in [4.69, 9.17) is 0 Å². The van der Waals surface area contributed by atoms with Crippen molar-refractivity contribution in [1.29, 1.82) is 0 Å². The van der Waals surface area contributed by atoms with Crippen LogP contribution in [0.3, 0.4) is 0 Å². The van der Waals surface area contributed by atoms with E-state index in [1.165, 1.54) is 4.88 Å². The zero-order chi connectivity index (χ0) is 12.7. The van der Waals surface area contributed by atoms with Crippen LogP contribution < -0.4 is 10.6 Å². The number of fused-ring (bicyclic) bond motifs is 1. The average Bonchev–Trinajstić information content (AvgIpc) is 3.18. The van der Waals surface area contributed by atoms with Crippen molar-refractivity contribution in [1.82, 2.24) is 4.98 Å². The summed E-state index contributed by atoms with van der Waals surface area (Å²) < 4.78 is 0. The van der Waals surface area contributed by atoms with Gasteiger partial charge in [-0.2, -0.15) is 0 Å². The molecule has 3 heterocycles. The van der Waals surface area contributed by atoms with Gasteiger partial charge in [0.2, 0.25) is 0 Å². The lowest BCUT2D eigenvalue weighted by atomic mass is 10.3. The van der Waals surface area contributed by atoms with E-state index < -0.39 is 0 Å². The Labute approximate surface area is 115 Å². The molecule has 0 atom stereocenters. The number of allylic oxidation sites excluding steroid dienone is 5. The van der Waals surface area contributed by atoms with E-state index in [1.54, 1.807) is 11.3 Å². The Kier molecular flexibility index (Phi) is 2.28. The largest absolute Gasteiger partial charge is 0.338 e. The van der Waals surface area contributed by atoms with E-state index in [0.717, 1.165) is 28.6 Å². The molecule has 2 aromatic heterocycles. The lowest BCUT2D eigenvalue weighted by molar-refractivity contribution is 1.33. The van der Waals surface area contributed by atoms with Gasteiger partial charge in [0.25, 0.3) is 0 Å². The maximum Gasteiger partial charge on any atom is 0.156 e. The molecule has 2 aromatic rings. The molecule has 4 rings (SSSR count). The SMILES string of the molecule is C1=CC(=C2Nc3ccc(-c4cccs4)nc3N2)C=C1. The van der Waals surface area contributed by atoms with Crippen LogP contribution in [0, 0.1) is 0 Å². The van der Waals surface area contributed by atoms with Gasteiger partial charge in [0.1, 0.15) is 5.82 Å². The molecular weight excluding hydrogens is 254 g/mol. The summed E-state index contributed by atoms with van der Waals surface area (Å²) in [5, 5.41) is 8.76. The van der Waals surface area contributed by atoms with Crippen LogP contribution in [0.25, 0.3) is 10.6 Å². The Morgan fingerprint density at radius 2 is 1.89 bits per heavy atom. The Morgan fingerprint density at radius 3 is 2.68 bits per heavy atom. The minimum Gasteiger partial charge on any atom is -0.338 e. The van der Waals surface area contributed by atoms with Crippen molar-refractivity contribution in [2.45, 2.75) is 0 Å². The number of anilines is 2. The van der Waals surface area contributed by atoms with Gasteiger partial charge in [0.15, 0.2) is 5.82 Å². The first-order chi connectivity index (χ1) is 9.40. The van der Waals surface area contributed by atoms with Crippen LogP contribution in [0.1, 0.15) is 0 Å². The maximum absolute atomic E-state index is 4.67. The number of hydrogen-bond donors (Lipinski definition) is 2. The van der Waals surface area contributed by atoms with Gasteiger partial charge in [0.05, 0.1) is 16.3 Å². The zero-order valence-electron chi connectivity index (χ0n) is 10.1. The van der Waals surface area contributed by atoms with Crippen LogP contribution in [0.15, 0.2) is 65.3 Å².